The van der Waals surface area contributed by atoms with Crippen molar-refractivity contribution in [2.75, 3.05) is 7.11 Å². The molecule has 2 N–H and O–H groups in total. The van der Waals surface area contributed by atoms with E-state index in [0.29, 0.717) is 5.56 Å². The van der Waals surface area contributed by atoms with Gasteiger partial charge in [0.15, 0.2) is 11.5 Å². The molecule has 24 heavy (non-hydrogen) atoms. The van der Waals surface area contributed by atoms with Crippen molar-refractivity contribution >= 4 is 10.1 Å². The molecular formula is C16H25NaO6S. The molecule has 0 aliphatic heterocycles. The molecule has 1 atom stereocenters. The Morgan fingerprint density at radius 3 is 1.92 bits per heavy atom. The average Bonchev–Trinajstić information content (AvgIpc) is 2.37. The molecule has 0 heterocycles. The van der Waals surface area contributed by atoms with E-state index >= 15 is 0 Å². The zero-order chi connectivity index (χ0) is 18.4. The largest absolute Gasteiger partial charge is 1.00 e. The second kappa shape index (κ2) is 7.13. The molecule has 0 bridgehead atoms. The van der Waals surface area contributed by atoms with Crippen LogP contribution in [0.3, 0.4) is 0 Å². The minimum atomic E-state index is -4.86. The van der Waals surface area contributed by atoms with Gasteiger partial charge < -0.3 is 19.5 Å². The average molecular weight is 368 g/mol. The van der Waals surface area contributed by atoms with E-state index in [1.807, 2.05) is 0 Å². The summed E-state index contributed by atoms with van der Waals surface area (Å²) in [6.45, 7) is 8.84. The van der Waals surface area contributed by atoms with Crippen LogP contribution in [0.15, 0.2) is 12.1 Å². The molecule has 0 aromatic heterocycles. The van der Waals surface area contributed by atoms with Gasteiger partial charge in [-0.05, 0) is 44.9 Å². The van der Waals surface area contributed by atoms with Crippen LogP contribution in [0.5, 0.6) is 11.5 Å². The van der Waals surface area contributed by atoms with Gasteiger partial charge in [0.2, 0.25) is 0 Å². The van der Waals surface area contributed by atoms with Crippen molar-refractivity contribution in [3.05, 3.63) is 23.3 Å². The zero-order valence-corrected chi connectivity index (χ0v) is 18.4. The van der Waals surface area contributed by atoms with Crippen molar-refractivity contribution in [3.63, 3.8) is 0 Å². The van der Waals surface area contributed by atoms with Gasteiger partial charge in [-0.1, -0.05) is 19.9 Å². The van der Waals surface area contributed by atoms with E-state index in [2.05, 4.69) is 0 Å². The monoisotopic (exact) mass is 368 g/mol. The van der Waals surface area contributed by atoms with Crippen molar-refractivity contribution in [2.24, 2.45) is 5.41 Å². The molecule has 1 rings (SSSR count). The molecule has 1 aromatic carbocycles. The van der Waals surface area contributed by atoms with E-state index < -0.39 is 25.9 Å². The number of phenols is 1. The Balaban J connectivity index is 0.00000529. The summed E-state index contributed by atoms with van der Waals surface area (Å²) in [6.07, 6.45) is 0. The Morgan fingerprint density at radius 1 is 1.12 bits per heavy atom. The number of aryl methyl sites for hydroxylation is 1. The molecule has 0 saturated carbocycles. The Hall–Kier alpha value is -0.310. The standard InChI is InChI=1S/C16H26O6S.Na/c1-10-8-11(9-12(22-7)13(10)17)16(6,23(19,20)21)14(2,3)15(4,5)18;/h8-9,17-18H,1-7H3,(H,19,20,21);/q;+1/p-1. The summed E-state index contributed by atoms with van der Waals surface area (Å²) in [7, 11) is -3.52. The molecular weight excluding hydrogens is 343 g/mol. The van der Waals surface area contributed by atoms with Crippen molar-refractivity contribution in [1.29, 1.82) is 0 Å². The maximum absolute atomic E-state index is 12.2. The van der Waals surface area contributed by atoms with Crippen molar-refractivity contribution in [1.82, 2.24) is 0 Å². The quantitative estimate of drug-likeness (QED) is 0.524. The Kier molecular flexibility index (Phi) is 7.04. The van der Waals surface area contributed by atoms with Crippen molar-refractivity contribution < 1.29 is 57.5 Å². The number of hydrogen-bond acceptors (Lipinski definition) is 6. The first-order chi connectivity index (χ1) is 10.1. The molecule has 0 aliphatic carbocycles. The maximum atomic E-state index is 12.2. The summed E-state index contributed by atoms with van der Waals surface area (Å²) in [5.74, 6) is -0.0515. The van der Waals surface area contributed by atoms with Crippen LogP contribution in [0.2, 0.25) is 0 Å². The fourth-order valence-corrected chi connectivity index (χ4v) is 3.86. The number of aromatic hydroxyl groups is 1. The topological polar surface area (TPSA) is 107 Å². The molecule has 0 aliphatic rings. The van der Waals surface area contributed by atoms with Gasteiger partial charge in [0, 0.05) is 5.41 Å². The molecule has 6 nitrogen and oxygen atoms in total. The SMILES string of the molecule is COc1cc(C(C)(C(C)(C)C(C)(C)O)S(=O)(=O)[O-])cc(C)c1O.[Na+]. The number of benzene rings is 1. The van der Waals surface area contributed by atoms with E-state index in [4.69, 9.17) is 4.74 Å². The van der Waals surface area contributed by atoms with Gasteiger partial charge in [0.1, 0.15) is 10.1 Å². The first-order valence-electron chi connectivity index (χ1n) is 7.17. The molecule has 132 valence electrons. The van der Waals surface area contributed by atoms with E-state index in [0.717, 1.165) is 0 Å². The molecule has 1 unspecified atom stereocenters. The summed E-state index contributed by atoms with van der Waals surface area (Å²) in [4.78, 5) is 0. The summed E-state index contributed by atoms with van der Waals surface area (Å²) >= 11 is 0. The molecule has 0 amide bonds. The molecule has 0 saturated heterocycles. The number of hydrogen-bond donors (Lipinski definition) is 2. The maximum Gasteiger partial charge on any atom is 1.00 e. The number of ether oxygens (including phenoxy) is 1. The van der Waals surface area contributed by atoms with Gasteiger partial charge in [-0.2, -0.15) is 0 Å². The molecule has 0 spiro atoms. The van der Waals surface area contributed by atoms with Crippen LogP contribution in [-0.4, -0.2) is 35.9 Å². The Labute approximate surface area is 166 Å². The Bertz CT molecular complexity index is 706. The Morgan fingerprint density at radius 2 is 1.58 bits per heavy atom. The predicted octanol–water partition coefficient (Wildman–Crippen LogP) is -0.729. The third-order valence-electron chi connectivity index (χ3n) is 5.26. The van der Waals surface area contributed by atoms with Crippen LogP contribution in [0.1, 0.15) is 45.7 Å². The second-order valence-corrected chi connectivity index (χ2v) is 8.74. The summed E-state index contributed by atoms with van der Waals surface area (Å²) in [5.41, 5.74) is -2.25. The molecule has 0 fully saturated rings. The third kappa shape index (κ3) is 3.61. The molecule has 0 radical (unpaired) electrons. The van der Waals surface area contributed by atoms with E-state index in [9.17, 15) is 23.2 Å². The minimum absolute atomic E-state index is 0. The van der Waals surface area contributed by atoms with Crippen LogP contribution < -0.4 is 34.3 Å². The van der Waals surface area contributed by atoms with Crippen LogP contribution >= 0.6 is 0 Å². The normalized spacial score (nSPS) is 15.4. The summed E-state index contributed by atoms with van der Waals surface area (Å²) in [6, 6.07) is 2.76. The van der Waals surface area contributed by atoms with E-state index in [1.54, 1.807) is 6.92 Å². The van der Waals surface area contributed by atoms with Gasteiger partial charge in [0.25, 0.3) is 0 Å². The van der Waals surface area contributed by atoms with Crippen LogP contribution in [0.25, 0.3) is 0 Å². The van der Waals surface area contributed by atoms with Crippen LogP contribution in [0, 0.1) is 12.3 Å². The third-order valence-corrected chi connectivity index (χ3v) is 7.00. The van der Waals surface area contributed by atoms with Gasteiger partial charge in [-0.25, -0.2) is 8.42 Å². The molecule has 1 aromatic rings. The fourth-order valence-electron chi connectivity index (χ4n) is 2.58. The number of rotatable bonds is 5. The van der Waals surface area contributed by atoms with E-state index in [1.165, 1.54) is 53.9 Å². The predicted molar refractivity (Wildman–Crippen MR) is 86.5 cm³/mol. The first-order valence-corrected chi connectivity index (χ1v) is 8.58. The minimum Gasteiger partial charge on any atom is -0.747 e. The zero-order valence-electron chi connectivity index (χ0n) is 15.6. The second-order valence-electron chi connectivity index (χ2n) is 7.02. The number of aliphatic hydroxyl groups is 1. The van der Waals surface area contributed by atoms with Gasteiger partial charge >= 0.3 is 29.6 Å². The number of methoxy groups -OCH3 is 1. The fraction of sp³-hybridized carbons (Fsp3) is 0.625. The number of phenolic OH excluding ortho intramolecular Hbond substituents is 1. The van der Waals surface area contributed by atoms with Gasteiger partial charge in [-0.15, -0.1) is 0 Å². The van der Waals surface area contributed by atoms with Crippen molar-refractivity contribution in [2.45, 2.75) is 51.9 Å². The summed E-state index contributed by atoms with van der Waals surface area (Å²) in [5, 5.41) is 20.4. The van der Waals surface area contributed by atoms with Crippen LogP contribution in [0.4, 0.5) is 0 Å². The van der Waals surface area contributed by atoms with Gasteiger partial charge in [-0.3, -0.25) is 0 Å². The van der Waals surface area contributed by atoms with Gasteiger partial charge in [0.05, 0.1) is 17.5 Å². The van der Waals surface area contributed by atoms with Crippen LogP contribution in [-0.2, 0) is 14.9 Å². The summed E-state index contributed by atoms with van der Waals surface area (Å²) < 4.78 is 39.6. The first kappa shape index (κ1) is 23.7. The smallest absolute Gasteiger partial charge is 0.747 e. The van der Waals surface area contributed by atoms with E-state index in [-0.39, 0.29) is 46.6 Å². The molecule has 8 heteroatoms. The van der Waals surface area contributed by atoms with Crippen molar-refractivity contribution in [3.8, 4) is 11.5 Å².